The Morgan fingerprint density at radius 3 is 2.78 bits per heavy atom. The minimum Gasteiger partial charge on any atom is -0.376 e. The van der Waals surface area contributed by atoms with Crippen LogP contribution in [0.25, 0.3) is 0 Å². The largest absolute Gasteiger partial charge is 0.376 e. The molecule has 100 valence electrons. The predicted octanol–water partition coefficient (Wildman–Crippen LogP) is 1.53. The van der Waals surface area contributed by atoms with Gasteiger partial charge in [0.1, 0.15) is 0 Å². The van der Waals surface area contributed by atoms with Crippen molar-refractivity contribution in [2.75, 3.05) is 6.61 Å². The van der Waals surface area contributed by atoms with Gasteiger partial charge in [-0.2, -0.15) is 0 Å². The smallest absolute Gasteiger partial charge is 0.255 e. The highest BCUT2D eigenvalue weighted by Gasteiger charge is 2.22. The van der Waals surface area contributed by atoms with Crippen molar-refractivity contribution in [3.05, 3.63) is 33.7 Å². The Bertz CT molecular complexity index is 480. The second-order valence-corrected chi connectivity index (χ2v) is 5.66. The van der Waals surface area contributed by atoms with Gasteiger partial charge in [0, 0.05) is 23.4 Å². The van der Waals surface area contributed by atoms with Crippen LogP contribution in [0, 0.1) is 6.92 Å². The van der Waals surface area contributed by atoms with E-state index in [2.05, 4.69) is 0 Å². The average molecular weight is 250 g/mol. The van der Waals surface area contributed by atoms with E-state index >= 15 is 0 Å². The van der Waals surface area contributed by atoms with E-state index in [-0.39, 0.29) is 11.7 Å². The first-order valence-electron chi connectivity index (χ1n) is 6.51. The Labute approximate surface area is 108 Å². The number of aromatic nitrogens is 1. The number of rotatable bonds is 3. The number of aryl methyl sites for hydroxylation is 1. The lowest BCUT2D eigenvalue weighted by Crippen LogP contribution is -2.39. The topological polar surface area (TPSA) is 57.2 Å². The normalized spacial score (nSPS) is 20.3. The van der Waals surface area contributed by atoms with Gasteiger partial charge in [0.05, 0.1) is 12.6 Å². The number of nitrogens with zero attached hydrogens (tertiary/aromatic N) is 1. The maximum Gasteiger partial charge on any atom is 0.255 e. The van der Waals surface area contributed by atoms with Crippen molar-refractivity contribution in [2.24, 2.45) is 5.73 Å². The van der Waals surface area contributed by atoms with E-state index in [1.807, 2.05) is 32.9 Å². The van der Waals surface area contributed by atoms with Gasteiger partial charge >= 0.3 is 0 Å². The second kappa shape index (κ2) is 4.86. The minimum absolute atomic E-state index is 0.0120. The molecule has 1 aliphatic rings. The van der Waals surface area contributed by atoms with Crippen molar-refractivity contribution in [3.8, 4) is 0 Å². The molecule has 1 fully saturated rings. The fourth-order valence-corrected chi connectivity index (χ4v) is 2.38. The maximum absolute atomic E-state index is 12.5. The molecule has 0 aliphatic carbocycles. The van der Waals surface area contributed by atoms with Gasteiger partial charge in [-0.1, -0.05) is 0 Å². The fourth-order valence-electron chi connectivity index (χ4n) is 2.38. The molecule has 1 atom stereocenters. The molecule has 0 amide bonds. The van der Waals surface area contributed by atoms with Crippen molar-refractivity contribution in [2.45, 2.75) is 51.8 Å². The van der Waals surface area contributed by atoms with Crippen LogP contribution in [-0.4, -0.2) is 17.3 Å². The third kappa shape index (κ3) is 2.65. The monoisotopic (exact) mass is 250 g/mol. The summed E-state index contributed by atoms with van der Waals surface area (Å²) in [5, 5.41) is 0. The summed E-state index contributed by atoms with van der Waals surface area (Å²) in [5.74, 6) is 0. The van der Waals surface area contributed by atoms with Crippen LogP contribution < -0.4 is 11.3 Å². The zero-order valence-corrected chi connectivity index (χ0v) is 11.4. The van der Waals surface area contributed by atoms with Crippen molar-refractivity contribution in [1.29, 1.82) is 0 Å². The van der Waals surface area contributed by atoms with E-state index < -0.39 is 5.54 Å². The summed E-state index contributed by atoms with van der Waals surface area (Å²) in [5.41, 5.74) is 7.06. The highest BCUT2D eigenvalue weighted by atomic mass is 16.5. The molecule has 2 heterocycles. The molecule has 1 aromatic heterocycles. The molecule has 1 aromatic rings. The Morgan fingerprint density at radius 2 is 2.22 bits per heavy atom. The molecule has 0 aromatic carbocycles. The van der Waals surface area contributed by atoms with E-state index in [4.69, 9.17) is 10.5 Å². The standard InChI is InChI=1S/C14H22N2O2/c1-10-6-7-12(14(2,3)15)13(17)16(10)9-11-5-4-8-18-11/h6-7,11H,4-5,8-9,15H2,1-3H3. The average Bonchev–Trinajstić information content (AvgIpc) is 2.74. The van der Waals surface area contributed by atoms with E-state index in [0.717, 1.165) is 25.1 Å². The predicted molar refractivity (Wildman–Crippen MR) is 71.6 cm³/mol. The summed E-state index contributed by atoms with van der Waals surface area (Å²) < 4.78 is 7.39. The summed E-state index contributed by atoms with van der Waals surface area (Å²) in [6, 6.07) is 3.80. The number of nitrogens with two attached hydrogens (primary N) is 1. The van der Waals surface area contributed by atoms with Gasteiger partial charge < -0.3 is 15.0 Å². The van der Waals surface area contributed by atoms with Crippen molar-refractivity contribution in [1.82, 2.24) is 4.57 Å². The molecule has 1 unspecified atom stereocenters. The lowest BCUT2D eigenvalue weighted by atomic mass is 9.96. The van der Waals surface area contributed by atoms with Gasteiger partial charge in [-0.05, 0) is 45.7 Å². The summed E-state index contributed by atoms with van der Waals surface area (Å²) in [6.07, 6.45) is 2.28. The van der Waals surface area contributed by atoms with Crippen LogP contribution in [0.4, 0.5) is 0 Å². The molecule has 0 saturated carbocycles. The third-order valence-corrected chi connectivity index (χ3v) is 3.50. The first-order valence-corrected chi connectivity index (χ1v) is 6.51. The van der Waals surface area contributed by atoms with Crippen LogP contribution >= 0.6 is 0 Å². The lowest BCUT2D eigenvalue weighted by Gasteiger charge is -2.22. The van der Waals surface area contributed by atoms with E-state index in [1.165, 1.54) is 0 Å². The van der Waals surface area contributed by atoms with Crippen molar-refractivity contribution < 1.29 is 4.74 Å². The van der Waals surface area contributed by atoms with Crippen LogP contribution in [-0.2, 0) is 16.8 Å². The Kier molecular flexibility index (Phi) is 3.59. The van der Waals surface area contributed by atoms with E-state index in [9.17, 15) is 4.79 Å². The number of hydrogen-bond acceptors (Lipinski definition) is 3. The van der Waals surface area contributed by atoms with Crippen molar-refractivity contribution in [3.63, 3.8) is 0 Å². The van der Waals surface area contributed by atoms with Crippen LogP contribution in [0.1, 0.15) is 37.9 Å². The molecule has 2 N–H and O–H groups in total. The van der Waals surface area contributed by atoms with Gasteiger partial charge in [-0.15, -0.1) is 0 Å². The first kappa shape index (κ1) is 13.3. The number of pyridine rings is 1. The van der Waals surface area contributed by atoms with E-state index in [1.54, 1.807) is 4.57 Å². The molecule has 2 rings (SSSR count). The van der Waals surface area contributed by atoms with E-state index in [0.29, 0.717) is 12.1 Å². The molecule has 0 radical (unpaired) electrons. The summed E-state index contributed by atoms with van der Waals surface area (Å²) in [7, 11) is 0. The van der Waals surface area contributed by atoms with Crippen LogP contribution in [0.3, 0.4) is 0 Å². The van der Waals surface area contributed by atoms with Gasteiger partial charge in [0.2, 0.25) is 0 Å². The molecule has 0 spiro atoms. The first-order chi connectivity index (χ1) is 8.39. The molecule has 18 heavy (non-hydrogen) atoms. The Morgan fingerprint density at radius 1 is 1.50 bits per heavy atom. The highest BCUT2D eigenvalue weighted by Crippen LogP contribution is 2.16. The molecule has 1 aliphatic heterocycles. The quantitative estimate of drug-likeness (QED) is 0.885. The summed E-state index contributed by atoms with van der Waals surface area (Å²) >= 11 is 0. The van der Waals surface area contributed by atoms with Crippen LogP contribution in [0.5, 0.6) is 0 Å². The van der Waals surface area contributed by atoms with Gasteiger partial charge in [-0.25, -0.2) is 0 Å². The summed E-state index contributed by atoms with van der Waals surface area (Å²) in [6.45, 7) is 7.10. The number of hydrogen-bond donors (Lipinski definition) is 1. The Balaban J connectivity index is 2.36. The third-order valence-electron chi connectivity index (χ3n) is 3.50. The van der Waals surface area contributed by atoms with Crippen LogP contribution in [0.2, 0.25) is 0 Å². The molecule has 4 nitrogen and oxygen atoms in total. The van der Waals surface area contributed by atoms with Gasteiger partial charge in [-0.3, -0.25) is 4.79 Å². The molecule has 1 saturated heterocycles. The second-order valence-electron chi connectivity index (χ2n) is 5.66. The fraction of sp³-hybridized carbons (Fsp3) is 0.643. The molecule has 0 bridgehead atoms. The molecular weight excluding hydrogens is 228 g/mol. The SMILES string of the molecule is Cc1ccc(C(C)(C)N)c(=O)n1CC1CCCO1. The zero-order valence-electron chi connectivity index (χ0n) is 11.4. The lowest BCUT2D eigenvalue weighted by molar-refractivity contribution is 0.0955. The molecular formula is C14H22N2O2. The van der Waals surface area contributed by atoms with Crippen molar-refractivity contribution >= 4 is 0 Å². The van der Waals surface area contributed by atoms with Gasteiger partial charge in [0.25, 0.3) is 5.56 Å². The number of ether oxygens (including phenoxy) is 1. The van der Waals surface area contributed by atoms with Gasteiger partial charge in [0.15, 0.2) is 0 Å². The van der Waals surface area contributed by atoms with Crippen LogP contribution in [0.15, 0.2) is 16.9 Å². The minimum atomic E-state index is -0.608. The summed E-state index contributed by atoms with van der Waals surface area (Å²) in [4.78, 5) is 12.5. The highest BCUT2D eigenvalue weighted by molar-refractivity contribution is 5.22. The molecule has 4 heteroatoms. The maximum atomic E-state index is 12.5. The Hall–Kier alpha value is -1.13. The zero-order chi connectivity index (χ0) is 13.3.